The average molecular weight is 304 g/mol. The summed E-state index contributed by atoms with van der Waals surface area (Å²) in [6.45, 7) is 4.65. The van der Waals surface area contributed by atoms with Crippen LogP contribution in [0.5, 0.6) is 5.88 Å². The molecule has 0 aliphatic carbocycles. The van der Waals surface area contributed by atoms with Gasteiger partial charge in [0.05, 0.1) is 7.11 Å². The first-order valence-corrected chi connectivity index (χ1v) is 7.21. The number of hydrogen-bond donors (Lipinski definition) is 2. The third-order valence-electron chi connectivity index (χ3n) is 3.26. The molecule has 0 saturated carbocycles. The van der Waals surface area contributed by atoms with Crippen LogP contribution in [0, 0.1) is 5.82 Å². The van der Waals surface area contributed by atoms with Crippen LogP contribution >= 0.6 is 0 Å². The van der Waals surface area contributed by atoms with E-state index < -0.39 is 0 Å². The Morgan fingerprint density at radius 3 is 2.50 bits per heavy atom. The first kappa shape index (κ1) is 16.0. The van der Waals surface area contributed by atoms with E-state index in [1.165, 1.54) is 19.2 Å². The fourth-order valence-electron chi connectivity index (χ4n) is 1.99. The summed E-state index contributed by atoms with van der Waals surface area (Å²) in [5.41, 5.74) is 7.43. The predicted octanol–water partition coefficient (Wildman–Crippen LogP) is 2.98. The van der Waals surface area contributed by atoms with Gasteiger partial charge in [-0.15, -0.1) is 0 Å². The summed E-state index contributed by atoms with van der Waals surface area (Å²) in [6, 6.07) is 6.43. The first-order chi connectivity index (χ1) is 10.5. The lowest BCUT2D eigenvalue weighted by molar-refractivity contribution is 0.396. The lowest BCUT2D eigenvalue weighted by Crippen LogP contribution is -2.12. The van der Waals surface area contributed by atoms with Gasteiger partial charge in [0, 0.05) is 12.5 Å². The van der Waals surface area contributed by atoms with Gasteiger partial charge in [-0.1, -0.05) is 26.0 Å². The Morgan fingerprint density at radius 1 is 1.23 bits per heavy atom. The van der Waals surface area contributed by atoms with Gasteiger partial charge in [-0.05, 0) is 24.1 Å². The lowest BCUT2D eigenvalue weighted by atomic mass is 10.1. The van der Waals surface area contributed by atoms with Crippen molar-refractivity contribution in [2.24, 2.45) is 0 Å². The number of ether oxygens (including phenoxy) is 1. The second-order valence-electron chi connectivity index (χ2n) is 5.31. The van der Waals surface area contributed by atoms with Crippen LogP contribution in [0.2, 0.25) is 0 Å². The number of aromatic nitrogens is 2. The third-order valence-corrected chi connectivity index (χ3v) is 3.26. The number of halogens is 1. The maximum Gasteiger partial charge on any atom is 0.242 e. The number of nitrogens with one attached hydrogen (secondary N) is 1. The van der Waals surface area contributed by atoms with Crippen molar-refractivity contribution in [1.29, 1.82) is 0 Å². The highest BCUT2D eigenvalue weighted by molar-refractivity contribution is 5.67. The maximum absolute atomic E-state index is 12.9. The van der Waals surface area contributed by atoms with Crippen molar-refractivity contribution < 1.29 is 9.13 Å². The third kappa shape index (κ3) is 3.84. The van der Waals surface area contributed by atoms with Crippen LogP contribution in [0.25, 0.3) is 0 Å². The van der Waals surface area contributed by atoms with Crippen molar-refractivity contribution in [3.8, 4) is 5.88 Å². The SMILES string of the molecule is COc1nc(C(C)C)nc(NCCc2ccc(F)cc2)c1N. The van der Waals surface area contributed by atoms with Gasteiger partial charge in [-0.2, -0.15) is 4.98 Å². The Labute approximate surface area is 129 Å². The standard InChI is InChI=1S/C16H21FN4O/c1-10(2)14-20-15(13(18)16(21-14)22-3)19-9-8-11-4-6-12(17)7-5-11/h4-7,10H,8-9,18H2,1-3H3,(H,19,20,21). The zero-order valence-corrected chi connectivity index (χ0v) is 13.1. The highest BCUT2D eigenvalue weighted by Gasteiger charge is 2.14. The minimum Gasteiger partial charge on any atom is -0.479 e. The molecule has 0 atom stereocenters. The normalized spacial score (nSPS) is 10.8. The fraction of sp³-hybridized carbons (Fsp3) is 0.375. The quantitative estimate of drug-likeness (QED) is 0.858. The number of nitrogens with two attached hydrogens (primary N) is 1. The molecule has 1 heterocycles. The first-order valence-electron chi connectivity index (χ1n) is 7.21. The number of hydrogen-bond acceptors (Lipinski definition) is 5. The number of rotatable bonds is 6. The summed E-state index contributed by atoms with van der Waals surface area (Å²) in [4.78, 5) is 8.73. The van der Waals surface area contributed by atoms with E-state index in [1.807, 2.05) is 13.8 Å². The molecule has 1 aromatic carbocycles. The van der Waals surface area contributed by atoms with E-state index in [0.29, 0.717) is 29.8 Å². The van der Waals surface area contributed by atoms with Crippen LogP contribution in [0.15, 0.2) is 24.3 Å². The van der Waals surface area contributed by atoms with Crippen LogP contribution in [0.4, 0.5) is 15.9 Å². The number of methoxy groups -OCH3 is 1. The Balaban J connectivity index is 2.08. The number of nitrogen functional groups attached to an aromatic ring is 1. The van der Waals surface area contributed by atoms with Gasteiger partial charge in [0.15, 0.2) is 5.82 Å². The monoisotopic (exact) mass is 304 g/mol. The van der Waals surface area contributed by atoms with E-state index in [2.05, 4.69) is 15.3 Å². The summed E-state index contributed by atoms with van der Waals surface area (Å²) < 4.78 is 18.1. The summed E-state index contributed by atoms with van der Waals surface area (Å²) in [5.74, 6) is 1.56. The summed E-state index contributed by atoms with van der Waals surface area (Å²) in [7, 11) is 1.53. The maximum atomic E-state index is 12.9. The molecule has 6 heteroatoms. The molecule has 0 amide bonds. The topological polar surface area (TPSA) is 73.1 Å². The molecule has 118 valence electrons. The van der Waals surface area contributed by atoms with E-state index >= 15 is 0 Å². The summed E-state index contributed by atoms with van der Waals surface area (Å²) in [6.07, 6.45) is 0.739. The molecule has 5 nitrogen and oxygen atoms in total. The van der Waals surface area contributed by atoms with Crippen molar-refractivity contribution in [1.82, 2.24) is 9.97 Å². The number of nitrogens with zero attached hydrogens (tertiary/aromatic N) is 2. The second kappa shape index (κ2) is 7.06. The molecule has 22 heavy (non-hydrogen) atoms. The molecule has 0 spiro atoms. The molecule has 2 rings (SSSR count). The van der Waals surface area contributed by atoms with Gasteiger partial charge in [0.1, 0.15) is 17.3 Å². The smallest absolute Gasteiger partial charge is 0.242 e. The molecule has 0 bridgehead atoms. The van der Waals surface area contributed by atoms with Gasteiger partial charge < -0.3 is 15.8 Å². The predicted molar refractivity (Wildman–Crippen MR) is 85.7 cm³/mol. The van der Waals surface area contributed by atoms with Crippen molar-refractivity contribution in [2.45, 2.75) is 26.2 Å². The molecule has 0 aliphatic rings. The molecule has 2 aromatic rings. The van der Waals surface area contributed by atoms with Crippen molar-refractivity contribution >= 4 is 11.5 Å². The lowest BCUT2D eigenvalue weighted by Gasteiger charge is -2.14. The Morgan fingerprint density at radius 2 is 1.91 bits per heavy atom. The highest BCUT2D eigenvalue weighted by Crippen LogP contribution is 2.27. The van der Waals surface area contributed by atoms with Crippen LogP contribution in [-0.4, -0.2) is 23.6 Å². The van der Waals surface area contributed by atoms with Crippen LogP contribution < -0.4 is 15.8 Å². The molecule has 0 fully saturated rings. The van der Waals surface area contributed by atoms with Gasteiger partial charge in [-0.3, -0.25) is 0 Å². The van der Waals surface area contributed by atoms with Gasteiger partial charge in [0.2, 0.25) is 5.88 Å². The molecule has 0 saturated heterocycles. The molecular formula is C16H21FN4O. The largest absolute Gasteiger partial charge is 0.479 e. The second-order valence-corrected chi connectivity index (χ2v) is 5.31. The molecule has 1 aromatic heterocycles. The zero-order chi connectivity index (χ0) is 16.1. The van der Waals surface area contributed by atoms with E-state index in [-0.39, 0.29) is 11.7 Å². The Hall–Kier alpha value is -2.37. The van der Waals surface area contributed by atoms with Crippen LogP contribution in [0.1, 0.15) is 31.2 Å². The molecular weight excluding hydrogens is 283 g/mol. The van der Waals surface area contributed by atoms with E-state index in [0.717, 1.165) is 12.0 Å². The van der Waals surface area contributed by atoms with E-state index in [9.17, 15) is 4.39 Å². The van der Waals surface area contributed by atoms with Crippen LogP contribution in [-0.2, 0) is 6.42 Å². The van der Waals surface area contributed by atoms with E-state index in [4.69, 9.17) is 10.5 Å². The zero-order valence-electron chi connectivity index (χ0n) is 13.1. The van der Waals surface area contributed by atoms with Crippen molar-refractivity contribution in [2.75, 3.05) is 24.7 Å². The van der Waals surface area contributed by atoms with Crippen LogP contribution in [0.3, 0.4) is 0 Å². The van der Waals surface area contributed by atoms with Crippen molar-refractivity contribution in [3.05, 3.63) is 41.5 Å². The minimum absolute atomic E-state index is 0.173. The van der Waals surface area contributed by atoms with Gasteiger partial charge >= 0.3 is 0 Å². The average Bonchev–Trinajstić information content (AvgIpc) is 2.50. The Bertz CT molecular complexity index is 629. The summed E-state index contributed by atoms with van der Waals surface area (Å²) in [5, 5.41) is 3.20. The molecule has 0 unspecified atom stereocenters. The highest BCUT2D eigenvalue weighted by atomic mass is 19.1. The van der Waals surface area contributed by atoms with Crippen molar-refractivity contribution in [3.63, 3.8) is 0 Å². The number of anilines is 2. The van der Waals surface area contributed by atoms with Gasteiger partial charge in [-0.25, -0.2) is 9.37 Å². The fourth-order valence-corrected chi connectivity index (χ4v) is 1.99. The minimum atomic E-state index is -0.233. The molecule has 0 aliphatic heterocycles. The van der Waals surface area contributed by atoms with E-state index in [1.54, 1.807) is 12.1 Å². The Kier molecular flexibility index (Phi) is 5.14. The molecule has 0 radical (unpaired) electrons. The summed E-state index contributed by atoms with van der Waals surface area (Å²) >= 11 is 0. The van der Waals surface area contributed by atoms with Gasteiger partial charge in [0.25, 0.3) is 0 Å². The molecule has 3 N–H and O–H groups in total. The number of benzene rings is 1.